The maximum atomic E-state index is 13.5. The molecule has 0 bridgehead atoms. The Morgan fingerprint density at radius 1 is 1.17 bits per heavy atom. The molecule has 1 saturated heterocycles. The minimum atomic E-state index is -4.64. The highest BCUT2D eigenvalue weighted by Crippen LogP contribution is 2.41. The molecule has 2 aromatic carbocycles. The second-order valence-corrected chi connectivity index (χ2v) is 12.5. The van der Waals surface area contributed by atoms with E-state index < -0.39 is 33.6 Å². The average Bonchev–Trinajstić information content (AvgIpc) is 3.38. The lowest BCUT2D eigenvalue weighted by atomic mass is 10.1. The van der Waals surface area contributed by atoms with Gasteiger partial charge in [-0.15, -0.1) is 23.1 Å². The van der Waals surface area contributed by atoms with Crippen LogP contribution in [0.25, 0.3) is 11.1 Å². The number of anilines is 1. The van der Waals surface area contributed by atoms with E-state index in [1.807, 2.05) is 42.5 Å². The largest absolute Gasteiger partial charge is 0.488 e. The van der Waals surface area contributed by atoms with E-state index in [4.69, 9.17) is 16.3 Å². The molecule has 3 aromatic rings. The molecule has 12 heteroatoms. The Hall–Kier alpha value is -1.92. The number of hydrogen-bond donors (Lipinski definition) is 1. The van der Waals surface area contributed by atoms with Crippen molar-refractivity contribution in [1.29, 1.82) is 0 Å². The van der Waals surface area contributed by atoms with Gasteiger partial charge in [0.1, 0.15) is 20.4 Å². The highest BCUT2D eigenvalue weighted by molar-refractivity contribution is 7.98. The van der Waals surface area contributed by atoms with Crippen LogP contribution in [0.1, 0.15) is 12.0 Å². The van der Waals surface area contributed by atoms with E-state index in [2.05, 4.69) is 4.72 Å². The highest BCUT2D eigenvalue weighted by atomic mass is 35.5. The van der Waals surface area contributed by atoms with Gasteiger partial charge in [0.2, 0.25) is 0 Å². The molecule has 4 rings (SSSR count). The third kappa shape index (κ3) is 6.08. The van der Waals surface area contributed by atoms with Crippen molar-refractivity contribution in [2.75, 3.05) is 31.1 Å². The molecule has 1 aliphatic heterocycles. The molecule has 1 aliphatic rings. The fourth-order valence-electron chi connectivity index (χ4n) is 3.74. The second kappa shape index (κ2) is 10.2. The Kier molecular flexibility index (Phi) is 7.63. The zero-order chi connectivity index (χ0) is 25.4. The third-order valence-electron chi connectivity index (χ3n) is 5.51. The van der Waals surface area contributed by atoms with Crippen LogP contribution in [0.2, 0.25) is 4.34 Å². The number of ether oxygens (including phenoxy) is 1. The number of thiophene rings is 1. The van der Waals surface area contributed by atoms with Crippen LogP contribution in [0.5, 0.6) is 5.75 Å². The smallest absolute Gasteiger partial charge is 0.419 e. The topological polar surface area (TPSA) is 58.6 Å². The van der Waals surface area contributed by atoms with E-state index in [0.717, 1.165) is 40.0 Å². The third-order valence-corrected chi connectivity index (χ3v) is 9.47. The minimum Gasteiger partial charge on any atom is -0.488 e. The van der Waals surface area contributed by atoms with Crippen molar-refractivity contribution >= 4 is 50.4 Å². The number of rotatable bonds is 7. The van der Waals surface area contributed by atoms with Gasteiger partial charge in [-0.1, -0.05) is 23.7 Å². The van der Waals surface area contributed by atoms with Crippen LogP contribution in [-0.2, 0) is 16.2 Å². The minimum absolute atomic E-state index is 0.0326. The fourth-order valence-corrected chi connectivity index (χ4v) is 6.96. The number of thioether (sulfide) groups is 1. The number of sulfonamides is 1. The van der Waals surface area contributed by atoms with Gasteiger partial charge in [-0.25, -0.2) is 8.42 Å². The lowest BCUT2D eigenvalue weighted by molar-refractivity contribution is -0.139. The molecule has 5 nitrogen and oxygen atoms in total. The van der Waals surface area contributed by atoms with E-state index >= 15 is 0 Å². The van der Waals surface area contributed by atoms with E-state index in [9.17, 15) is 21.6 Å². The summed E-state index contributed by atoms with van der Waals surface area (Å²) in [5.74, 6) is -0.406. The van der Waals surface area contributed by atoms with Crippen LogP contribution in [0.15, 0.2) is 57.6 Å². The van der Waals surface area contributed by atoms with Crippen molar-refractivity contribution in [3.05, 3.63) is 58.4 Å². The first-order valence-corrected chi connectivity index (χ1v) is 14.4. The van der Waals surface area contributed by atoms with Gasteiger partial charge < -0.3 is 9.64 Å². The first-order chi connectivity index (χ1) is 16.5. The van der Waals surface area contributed by atoms with Gasteiger partial charge in [0.25, 0.3) is 10.0 Å². The summed E-state index contributed by atoms with van der Waals surface area (Å²) >= 11 is 8.80. The van der Waals surface area contributed by atoms with Crippen LogP contribution in [0.3, 0.4) is 0 Å². The van der Waals surface area contributed by atoms with Crippen LogP contribution < -0.4 is 9.46 Å². The van der Waals surface area contributed by atoms with Crippen LogP contribution in [0, 0.1) is 0 Å². The molecule has 0 radical (unpaired) electrons. The number of nitrogens with one attached hydrogen (secondary N) is 1. The van der Waals surface area contributed by atoms with Crippen molar-refractivity contribution in [3.8, 4) is 16.9 Å². The zero-order valence-electron chi connectivity index (χ0n) is 18.7. The standard InChI is InChI=1S/C23H22ClF3N2O3S3/c1-29-10-9-16(13-29)32-20-11-15(5-8-19(20)23(25,26)27)28-35(30,31)21-12-18(22(24)34-21)14-3-6-17(33-2)7-4-14/h3-8,11-12,16,28H,9-10,13H2,1-2H3/t16-/m1/s1. The molecule has 2 heterocycles. The number of likely N-dealkylation sites (tertiary alicyclic amines) is 1. The molecular formula is C23H22ClF3N2O3S3. The van der Waals surface area contributed by atoms with Crippen LogP contribution in [-0.4, -0.2) is 45.8 Å². The molecule has 1 aromatic heterocycles. The summed E-state index contributed by atoms with van der Waals surface area (Å²) in [4.78, 5) is 3.01. The SMILES string of the molecule is CSc1ccc(-c2cc(S(=O)(=O)Nc3ccc(C(F)(F)F)c(O[C@@H]4CCN(C)C4)c3)sc2Cl)cc1. The predicted octanol–water partition coefficient (Wildman–Crippen LogP) is 6.69. The van der Waals surface area contributed by atoms with E-state index in [0.29, 0.717) is 29.4 Å². The number of halogens is 4. The summed E-state index contributed by atoms with van der Waals surface area (Å²) in [7, 11) is -2.24. The summed E-state index contributed by atoms with van der Waals surface area (Å²) < 4.78 is 75.0. The molecule has 0 spiro atoms. The van der Waals surface area contributed by atoms with E-state index in [-0.39, 0.29) is 9.90 Å². The second-order valence-electron chi connectivity index (χ2n) is 8.09. The Morgan fingerprint density at radius 2 is 1.89 bits per heavy atom. The number of likely N-dealkylation sites (N-methyl/N-ethyl adjacent to an activating group) is 1. The molecule has 1 atom stereocenters. The first-order valence-electron chi connectivity index (χ1n) is 10.5. The molecule has 0 unspecified atom stereocenters. The summed E-state index contributed by atoms with van der Waals surface area (Å²) in [6.45, 7) is 1.20. The van der Waals surface area contributed by atoms with Crippen molar-refractivity contribution in [3.63, 3.8) is 0 Å². The van der Waals surface area contributed by atoms with E-state index in [1.165, 1.54) is 6.07 Å². The quantitative estimate of drug-likeness (QED) is 0.325. The van der Waals surface area contributed by atoms with Crippen LogP contribution >= 0.6 is 34.7 Å². The monoisotopic (exact) mass is 562 g/mol. The first kappa shape index (κ1) is 26.2. The Labute approximate surface area is 215 Å². The number of benzene rings is 2. The van der Waals surface area contributed by atoms with Gasteiger partial charge >= 0.3 is 6.18 Å². The maximum Gasteiger partial charge on any atom is 0.419 e. The normalized spacial score (nSPS) is 17.0. The van der Waals surface area contributed by atoms with Gasteiger partial charge in [0.05, 0.1) is 11.3 Å². The van der Waals surface area contributed by atoms with Crippen molar-refractivity contribution in [2.24, 2.45) is 0 Å². The zero-order valence-corrected chi connectivity index (χ0v) is 21.9. The molecular weight excluding hydrogens is 541 g/mol. The lowest BCUT2D eigenvalue weighted by Crippen LogP contribution is -2.23. The molecule has 0 saturated carbocycles. The van der Waals surface area contributed by atoms with Gasteiger partial charge in [-0.05, 0) is 55.6 Å². The molecule has 1 N–H and O–H groups in total. The highest BCUT2D eigenvalue weighted by Gasteiger charge is 2.36. The summed E-state index contributed by atoms with van der Waals surface area (Å²) in [6, 6.07) is 12.0. The van der Waals surface area contributed by atoms with Gasteiger partial charge in [-0.2, -0.15) is 13.2 Å². The molecule has 0 amide bonds. The Bertz CT molecular complexity index is 1310. The summed E-state index contributed by atoms with van der Waals surface area (Å²) in [5.41, 5.74) is 0.337. The Balaban J connectivity index is 1.61. The van der Waals surface area contributed by atoms with Crippen molar-refractivity contribution < 1.29 is 26.3 Å². The van der Waals surface area contributed by atoms with Gasteiger partial charge in [-0.3, -0.25) is 4.72 Å². The van der Waals surface area contributed by atoms with Gasteiger partial charge in [0, 0.05) is 29.6 Å². The number of alkyl halides is 3. The predicted molar refractivity (Wildman–Crippen MR) is 135 cm³/mol. The number of nitrogens with zero attached hydrogens (tertiary/aromatic N) is 1. The molecule has 188 valence electrons. The lowest BCUT2D eigenvalue weighted by Gasteiger charge is -2.19. The number of hydrogen-bond acceptors (Lipinski definition) is 6. The van der Waals surface area contributed by atoms with Gasteiger partial charge in [0.15, 0.2) is 0 Å². The molecule has 0 aliphatic carbocycles. The average molecular weight is 563 g/mol. The van der Waals surface area contributed by atoms with Crippen molar-refractivity contribution in [1.82, 2.24) is 4.90 Å². The van der Waals surface area contributed by atoms with E-state index in [1.54, 1.807) is 11.8 Å². The molecule has 35 heavy (non-hydrogen) atoms. The van der Waals surface area contributed by atoms with Crippen molar-refractivity contribution in [2.45, 2.75) is 27.8 Å². The maximum absolute atomic E-state index is 13.5. The molecule has 1 fully saturated rings. The fraction of sp³-hybridized carbons (Fsp3) is 0.304. The summed E-state index contributed by atoms with van der Waals surface area (Å²) in [6.07, 6.45) is -2.52. The van der Waals surface area contributed by atoms with Crippen LogP contribution in [0.4, 0.5) is 18.9 Å². The summed E-state index contributed by atoms with van der Waals surface area (Å²) in [5, 5.41) is 0. The Morgan fingerprint density at radius 3 is 2.49 bits per heavy atom.